The van der Waals surface area contributed by atoms with Crippen LogP contribution in [0.3, 0.4) is 0 Å². The molecule has 0 unspecified atom stereocenters. The molecule has 4 N–H and O–H groups in total. The van der Waals surface area contributed by atoms with Gasteiger partial charge < -0.3 is 34.7 Å². The number of ketones is 2. The van der Waals surface area contributed by atoms with Crippen LogP contribution < -0.4 is 10.6 Å². The number of carbonyl (C=O) groups excluding carboxylic acids is 4. The molecule has 0 saturated carbocycles. The molecule has 13 nitrogen and oxygen atoms in total. The van der Waals surface area contributed by atoms with Crippen LogP contribution in [0, 0.1) is 10.8 Å². The van der Waals surface area contributed by atoms with Gasteiger partial charge in [0.2, 0.25) is 11.8 Å². The van der Waals surface area contributed by atoms with Gasteiger partial charge in [-0.15, -0.1) is 10.2 Å². The van der Waals surface area contributed by atoms with Crippen LogP contribution in [0.5, 0.6) is 0 Å². The maximum absolute atomic E-state index is 12.9. The van der Waals surface area contributed by atoms with Crippen LogP contribution in [-0.2, 0) is 0 Å². The van der Waals surface area contributed by atoms with Crippen molar-refractivity contribution in [2.45, 2.75) is 12.1 Å². The molecule has 2 aromatic carbocycles. The number of nitrogens with one attached hydrogen (secondary N) is 4. The third-order valence-electron chi connectivity index (χ3n) is 6.22. The lowest BCUT2D eigenvalue weighted by Gasteiger charge is -2.12. The number of benzene rings is 2. The lowest BCUT2D eigenvalue weighted by atomic mass is 10.0. The first-order valence-electron chi connectivity index (χ1n) is 12.7. The van der Waals surface area contributed by atoms with Crippen molar-refractivity contribution >= 4 is 35.8 Å². The van der Waals surface area contributed by atoms with Crippen LogP contribution >= 0.6 is 0 Å². The number of aromatic nitrogens is 2. The quantitative estimate of drug-likeness (QED) is 0.125. The molecule has 43 heavy (non-hydrogen) atoms. The van der Waals surface area contributed by atoms with Gasteiger partial charge in [0.15, 0.2) is 23.1 Å². The second kappa shape index (κ2) is 12.5. The average molecular weight is 579 g/mol. The third-order valence-corrected chi connectivity index (χ3v) is 6.22. The second-order valence-electron chi connectivity index (χ2n) is 8.99. The number of nitrogens with zero attached hydrogens (tertiary/aromatic N) is 2. The Labute approximate surface area is 242 Å². The molecule has 3 aromatic heterocycles. The van der Waals surface area contributed by atoms with Crippen molar-refractivity contribution in [3.05, 3.63) is 108 Å². The summed E-state index contributed by atoms with van der Waals surface area (Å²) in [6.07, 6.45) is 4.33. The van der Waals surface area contributed by atoms with E-state index in [2.05, 4.69) is 20.8 Å². The van der Waals surface area contributed by atoms with Crippen molar-refractivity contribution in [2.24, 2.45) is 0 Å². The summed E-state index contributed by atoms with van der Waals surface area (Å²) in [6.45, 7) is 0. The fourth-order valence-corrected chi connectivity index (χ4v) is 3.98. The standard InChI is InChI=1S/C30H22N6O7/c31-15-21(33-27(39)23-3-1-13-41-23)25(37)17-5-9-19(10-6-17)29-35-36-30(43-29)20-11-7-18(8-12-20)26(38)22(16-32)34-28(40)24-4-2-14-42-24/h1-16,21-22,31-32H,(H,33,39)(H,34,40)/t21-,22-/m0/s1. The monoisotopic (exact) mass is 578 g/mol. The fraction of sp³-hybridized carbons (Fsp3) is 0.0667. The van der Waals surface area contributed by atoms with Crippen LogP contribution in [0.2, 0.25) is 0 Å². The highest BCUT2D eigenvalue weighted by Gasteiger charge is 2.24. The molecule has 0 saturated heterocycles. The van der Waals surface area contributed by atoms with E-state index in [4.69, 9.17) is 24.1 Å². The number of Topliss-reactive ketones (excluding diaryl/α,β-unsaturated/α-hetero) is 2. The summed E-state index contributed by atoms with van der Waals surface area (Å²) in [6, 6.07) is 16.0. The van der Waals surface area contributed by atoms with Crippen LogP contribution in [0.25, 0.3) is 22.9 Å². The van der Waals surface area contributed by atoms with Gasteiger partial charge in [-0.1, -0.05) is 24.3 Å². The number of rotatable bonds is 12. The van der Waals surface area contributed by atoms with E-state index in [1.165, 1.54) is 61.1 Å². The lowest BCUT2D eigenvalue weighted by molar-refractivity contribution is 0.0868. The van der Waals surface area contributed by atoms with Crippen LogP contribution in [0.1, 0.15) is 41.8 Å². The molecule has 0 bridgehead atoms. The summed E-state index contributed by atoms with van der Waals surface area (Å²) in [7, 11) is 0. The van der Waals surface area contributed by atoms with Gasteiger partial charge in [-0.25, -0.2) is 0 Å². The summed E-state index contributed by atoms with van der Waals surface area (Å²) >= 11 is 0. The Morgan fingerprint density at radius 3 is 1.35 bits per heavy atom. The molecule has 2 amide bonds. The molecule has 0 radical (unpaired) electrons. The maximum Gasteiger partial charge on any atom is 0.287 e. The smallest absolute Gasteiger partial charge is 0.287 e. The number of carbonyl (C=O) groups is 4. The lowest BCUT2D eigenvalue weighted by Crippen LogP contribution is -2.41. The molecule has 0 aliphatic rings. The predicted molar refractivity (Wildman–Crippen MR) is 151 cm³/mol. The third kappa shape index (κ3) is 6.25. The topological polar surface area (TPSA) is 205 Å². The maximum atomic E-state index is 12.9. The second-order valence-corrected chi connectivity index (χ2v) is 8.99. The fourth-order valence-electron chi connectivity index (χ4n) is 3.98. The van der Waals surface area contributed by atoms with E-state index in [-0.39, 0.29) is 34.4 Å². The molecule has 0 aliphatic heterocycles. The highest BCUT2D eigenvalue weighted by molar-refractivity contribution is 6.12. The van der Waals surface area contributed by atoms with Gasteiger partial charge in [0.25, 0.3) is 11.8 Å². The first-order chi connectivity index (χ1) is 20.9. The van der Waals surface area contributed by atoms with Crippen LogP contribution in [0.4, 0.5) is 0 Å². The molecule has 3 heterocycles. The molecule has 0 spiro atoms. The molecule has 5 rings (SSSR count). The minimum Gasteiger partial charge on any atom is -0.459 e. The van der Waals surface area contributed by atoms with Crippen LogP contribution in [0.15, 0.2) is 98.6 Å². The molecule has 0 aliphatic carbocycles. The Balaban J connectivity index is 1.24. The zero-order chi connectivity index (χ0) is 30.3. The summed E-state index contributed by atoms with van der Waals surface area (Å²) in [4.78, 5) is 50.1. The Morgan fingerprint density at radius 2 is 1.02 bits per heavy atom. The Bertz CT molecular complexity index is 1640. The molecule has 2 atom stereocenters. The Morgan fingerprint density at radius 1 is 0.628 bits per heavy atom. The zero-order valence-corrected chi connectivity index (χ0v) is 22.1. The van der Waals surface area contributed by atoms with E-state index in [9.17, 15) is 19.2 Å². The van der Waals surface area contributed by atoms with Crippen molar-refractivity contribution < 1.29 is 32.4 Å². The van der Waals surface area contributed by atoms with E-state index >= 15 is 0 Å². The SMILES string of the molecule is N=C[C@H](NC(=O)c1ccco1)C(=O)c1ccc(-c2nnc(-c3ccc(C(=O)[C@H](C=N)NC(=O)c4ccco4)cc3)o2)cc1. The summed E-state index contributed by atoms with van der Waals surface area (Å²) in [5, 5.41) is 28.1. The zero-order valence-electron chi connectivity index (χ0n) is 22.1. The summed E-state index contributed by atoms with van der Waals surface area (Å²) in [5.41, 5.74) is 1.55. The van der Waals surface area contributed by atoms with Gasteiger partial charge in [-0.2, -0.15) is 0 Å². The highest BCUT2D eigenvalue weighted by atomic mass is 16.4. The normalized spacial score (nSPS) is 12.1. The number of hydrogen-bond donors (Lipinski definition) is 4. The number of amides is 2. The highest BCUT2D eigenvalue weighted by Crippen LogP contribution is 2.25. The van der Waals surface area contributed by atoms with Gasteiger partial charge >= 0.3 is 0 Å². The number of hydrogen-bond acceptors (Lipinski definition) is 11. The minimum atomic E-state index is -1.19. The van der Waals surface area contributed by atoms with Crippen molar-refractivity contribution in [3.63, 3.8) is 0 Å². The molecule has 0 fully saturated rings. The van der Waals surface area contributed by atoms with E-state index in [1.54, 1.807) is 24.3 Å². The van der Waals surface area contributed by atoms with E-state index in [0.717, 1.165) is 12.4 Å². The van der Waals surface area contributed by atoms with Crippen molar-refractivity contribution in [3.8, 4) is 22.9 Å². The Hall–Kier alpha value is -6.24. The first-order valence-corrected chi connectivity index (χ1v) is 12.7. The molecule has 5 aromatic rings. The summed E-state index contributed by atoms with van der Waals surface area (Å²) in [5.74, 6) is -1.83. The van der Waals surface area contributed by atoms with Crippen LogP contribution in [-0.4, -0.2) is 58.1 Å². The van der Waals surface area contributed by atoms with Crippen molar-refractivity contribution in [1.82, 2.24) is 20.8 Å². The summed E-state index contributed by atoms with van der Waals surface area (Å²) < 4.78 is 15.8. The first kappa shape index (κ1) is 28.3. The van der Waals surface area contributed by atoms with E-state index < -0.39 is 35.5 Å². The predicted octanol–water partition coefficient (Wildman–Crippen LogP) is 3.85. The van der Waals surface area contributed by atoms with Crippen molar-refractivity contribution in [1.29, 1.82) is 10.8 Å². The van der Waals surface area contributed by atoms with Gasteiger partial charge in [-0.3, -0.25) is 19.2 Å². The number of furan rings is 2. The van der Waals surface area contributed by atoms with Gasteiger partial charge in [-0.05, 0) is 48.5 Å². The van der Waals surface area contributed by atoms with Gasteiger partial charge in [0, 0.05) is 34.7 Å². The molecule has 214 valence electrons. The van der Waals surface area contributed by atoms with E-state index in [0.29, 0.717) is 11.1 Å². The average Bonchev–Trinajstić information content (AvgIpc) is 3.85. The molecule has 13 heteroatoms. The van der Waals surface area contributed by atoms with E-state index in [1.807, 2.05) is 0 Å². The van der Waals surface area contributed by atoms with Gasteiger partial charge in [0.1, 0.15) is 12.1 Å². The Kier molecular flexibility index (Phi) is 8.23. The minimum absolute atomic E-state index is 0.0219. The largest absolute Gasteiger partial charge is 0.459 e. The van der Waals surface area contributed by atoms with Crippen molar-refractivity contribution in [2.75, 3.05) is 0 Å². The molecular weight excluding hydrogens is 556 g/mol. The molecular formula is C30H22N6O7. The van der Waals surface area contributed by atoms with Gasteiger partial charge in [0.05, 0.1) is 12.5 Å².